The molecule has 0 bridgehead atoms. The predicted octanol–water partition coefficient (Wildman–Crippen LogP) is 1.09. The van der Waals surface area contributed by atoms with Gasteiger partial charge in [0.2, 0.25) is 5.91 Å². The molecule has 0 fully saturated rings. The third-order valence-electron chi connectivity index (χ3n) is 3.23. The largest absolute Gasteiger partial charge is 0.481 e. The summed E-state index contributed by atoms with van der Waals surface area (Å²) in [5.74, 6) is -1.47. The molecule has 0 saturated carbocycles. The summed E-state index contributed by atoms with van der Waals surface area (Å²) in [6, 6.07) is 7.07. The number of carbonyl (C=O) groups excluding carboxylic acids is 2. The van der Waals surface area contributed by atoms with Crippen molar-refractivity contribution in [2.24, 2.45) is 0 Å². The van der Waals surface area contributed by atoms with Gasteiger partial charge in [0, 0.05) is 29.8 Å². The van der Waals surface area contributed by atoms with Crippen LogP contribution in [0, 0.1) is 0 Å². The topological polar surface area (TPSA) is 86.7 Å². The van der Waals surface area contributed by atoms with E-state index in [0.29, 0.717) is 17.7 Å². The molecule has 1 aliphatic heterocycles. The van der Waals surface area contributed by atoms with Crippen LogP contribution in [0.1, 0.15) is 28.8 Å². The summed E-state index contributed by atoms with van der Waals surface area (Å²) < 4.78 is 0. The number of nitrogens with zero attached hydrogens (tertiary/aromatic N) is 1. The zero-order valence-electron chi connectivity index (χ0n) is 11.5. The first kappa shape index (κ1) is 14.8. The Morgan fingerprint density at radius 2 is 1.90 bits per heavy atom. The van der Waals surface area contributed by atoms with E-state index < -0.39 is 5.97 Å². The van der Waals surface area contributed by atoms with Gasteiger partial charge in [-0.25, -0.2) is 0 Å². The maximum Gasteiger partial charge on any atom is 0.303 e. The molecule has 2 rings (SSSR count). The van der Waals surface area contributed by atoms with Gasteiger partial charge in [0.05, 0.1) is 0 Å². The fourth-order valence-corrected chi connectivity index (χ4v) is 2.17. The Labute approximate surface area is 122 Å². The molecule has 6 heteroatoms. The van der Waals surface area contributed by atoms with E-state index in [1.807, 2.05) is 6.07 Å². The van der Waals surface area contributed by atoms with Crippen molar-refractivity contribution in [2.75, 3.05) is 13.1 Å². The third-order valence-corrected chi connectivity index (χ3v) is 3.23. The highest BCUT2D eigenvalue weighted by atomic mass is 16.4. The summed E-state index contributed by atoms with van der Waals surface area (Å²) in [4.78, 5) is 35.6. The van der Waals surface area contributed by atoms with E-state index in [0.717, 1.165) is 5.56 Å². The lowest BCUT2D eigenvalue weighted by Gasteiger charge is -2.16. The zero-order valence-corrected chi connectivity index (χ0v) is 11.5. The van der Waals surface area contributed by atoms with Crippen LogP contribution >= 0.6 is 0 Å². The molecule has 0 unspecified atom stereocenters. The fourth-order valence-electron chi connectivity index (χ4n) is 2.17. The number of benzene rings is 1. The average Bonchev–Trinajstić information content (AvgIpc) is 2.69. The molecule has 0 atom stereocenters. The molecule has 2 amide bonds. The Balaban J connectivity index is 1.90. The number of carbonyl (C=O) groups is 3. The molecule has 0 spiro atoms. The predicted molar refractivity (Wildman–Crippen MR) is 76.4 cm³/mol. The van der Waals surface area contributed by atoms with E-state index in [-0.39, 0.29) is 31.3 Å². The number of carboxylic acids is 1. The molecule has 1 aliphatic rings. The molecule has 0 aliphatic carbocycles. The Hall–Kier alpha value is -2.63. The SMILES string of the molecule is C=C1c2ccccc2C(=O)N1CC(=O)NCCCC(=O)O. The van der Waals surface area contributed by atoms with Crippen LogP contribution in [-0.2, 0) is 9.59 Å². The second kappa shape index (κ2) is 6.21. The van der Waals surface area contributed by atoms with Gasteiger partial charge in [-0.3, -0.25) is 19.3 Å². The van der Waals surface area contributed by atoms with Gasteiger partial charge < -0.3 is 10.4 Å². The van der Waals surface area contributed by atoms with Crippen LogP contribution in [0.2, 0.25) is 0 Å². The first-order valence-electron chi connectivity index (χ1n) is 6.59. The van der Waals surface area contributed by atoms with Crippen molar-refractivity contribution in [3.05, 3.63) is 42.0 Å². The Kier molecular flexibility index (Phi) is 4.37. The minimum Gasteiger partial charge on any atom is -0.481 e. The van der Waals surface area contributed by atoms with Crippen LogP contribution in [0.15, 0.2) is 30.8 Å². The number of carboxylic acid groups (broad SMARTS) is 1. The average molecular weight is 288 g/mol. The molecule has 2 N–H and O–H groups in total. The molecule has 1 heterocycles. The van der Waals surface area contributed by atoms with E-state index >= 15 is 0 Å². The summed E-state index contributed by atoms with van der Waals surface area (Å²) in [6.45, 7) is 4.01. The van der Waals surface area contributed by atoms with Gasteiger partial charge >= 0.3 is 5.97 Å². The maximum absolute atomic E-state index is 12.2. The molecule has 6 nitrogen and oxygen atoms in total. The van der Waals surface area contributed by atoms with Gasteiger partial charge in [0.25, 0.3) is 5.91 Å². The van der Waals surface area contributed by atoms with Gasteiger partial charge in [-0.15, -0.1) is 0 Å². The summed E-state index contributed by atoms with van der Waals surface area (Å²) in [5, 5.41) is 11.1. The summed E-state index contributed by atoms with van der Waals surface area (Å²) in [5.41, 5.74) is 1.79. The third kappa shape index (κ3) is 3.28. The van der Waals surface area contributed by atoms with Crippen molar-refractivity contribution in [3.8, 4) is 0 Å². The molecule has 0 aromatic heterocycles. The highest BCUT2D eigenvalue weighted by Gasteiger charge is 2.31. The molecular weight excluding hydrogens is 272 g/mol. The molecule has 1 aromatic carbocycles. The van der Waals surface area contributed by atoms with Crippen LogP contribution in [0.4, 0.5) is 0 Å². The molecular formula is C15H16N2O4. The number of fused-ring (bicyclic) bond motifs is 1. The van der Waals surface area contributed by atoms with Gasteiger partial charge in [-0.05, 0) is 12.5 Å². The lowest BCUT2D eigenvalue weighted by Crippen LogP contribution is -2.37. The standard InChI is InChI=1S/C15H16N2O4/c1-10-11-5-2-3-6-12(11)15(21)17(10)9-13(18)16-8-4-7-14(19)20/h2-3,5-6H,1,4,7-9H2,(H,16,18)(H,19,20). The maximum atomic E-state index is 12.2. The van der Waals surface area contributed by atoms with Crippen molar-refractivity contribution in [3.63, 3.8) is 0 Å². The van der Waals surface area contributed by atoms with E-state index in [1.165, 1.54) is 4.90 Å². The van der Waals surface area contributed by atoms with Crippen molar-refractivity contribution in [1.82, 2.24) is 10.2 Å². The smallest absolute Gasteiger partial charge is 0.303 e. The van der Waals surface area contributed by atoms with Crippen LogP contribution in [0.3, 0.4) is 0 Å². The van der Waals surface area contributed by atoms with Crippen molar-refractivity contribution >= 4 is 23.5 Å². The van der Waals surface area contributed by atoms with Crippen molar-refractivity contribution < 1.29 is 19.5 Å². The summed E-state index contributed by atoms with van der Waals surface area (Å²) in [6.07, 6.45) is 0.358. The van der Waals surface area contributed by atoms with E-state index in [1.54, 1.807) is 18.2 Å². The Morgan fingerprint density at radius 1 is 1.24 bits per heavy atom. The second-order valence-electron chi connectivity index (χ2n) is 4.73. The van der Waals surface area contributed by atoms with Crippen molar-refractivity contribution in [1.29, 1.82) is 0 Å². The van der Waals surface area contributed by atoms with Crippen molar-refractivity contribution in [2.45, 2.75) is 12.8 Å². The highest BCUT2D eigenvalue weighted by Crippen LogP contribution is 2.30. The van der Waals surface area contributed by atoms with Gasteiger partial charge in [-0.1, -0.05) is 24.8 Å². The lowest BCUT2D eigenvalue weighted by atomic mass is 10.1. The zero-order chi connectivity index (χ0) is 15.4. The van der Waals surface area contributed by atoms with Crippen LogP contribution in [0.5, 0.6) is 0 Å². The molecule has 21 heavy (non-hydrogen) atoms. The van der Waals surface area contributed by atoms with Crippen LogP contribution < -0.4 is 5.32 Å². The molecule has 0 radical (unpaired) electrons. The van der Waals surface area contributed by atoms with Crippen LogP contribution in [-0.4, -0.2) is 40.9 Å². The minimum atomic E-state index is -0.900. The monoisotopic (exact) mass is 288 g/mol. The number of rotatable bonds is 6. The molecule has 110 valence electrons. The van der Waals surface area contributed by atoms with E-state index in [2.05, 4.69) is 11.9 Å². The summed E-state index contributed by atoms with van der Waals surface area (Å²) >= 11 is 0. The van der Waals surface area contributed by atoms with E-state index in [4.69, 9.17) is 5.11 Å². The van der Waals surface area contributed by atoms with Crippen LogP contribution in [0.25, 0.3) is 5.70 Å². The number of aliphatic carboxylic acids is 1. The second-order valence-corrected chi connectivity index (χ2v) is 4.73. The molecule has 0 saturated heterocycles. The van der Waals surface area contributed by atoms with E-state index in [9.17, 15) is 14.4 Å². The minimum absolute atomic E-state index is 0.00107. The number of hydrogen-bond acceptors (Lipinski definition) is 3. The summed E-state index contributed by atoms with van der Waals surface area (Å²) in [7, 11) is 0. The Morgan fingerprint density at radius 3 is 2.52 bits per heavy atom. The van der Waals surface area contributed by atoms with Gasteiger partial charge in [0.15, 0.2) is 0 Å². The fraction of sp³-hybridized carbons (Fsp3) is 0.267. The first-order valence-corrected chi connectivity index (χ1v) is 6.59. The number of hydrogen-bond donors (Lipinski definition) is 2. The van der Waals surface area contributed by atoms with Gasteiger partial charge in [0.1, 0.15) is 6.54 Å². The van der Waals surface area contributed by atoms with Gasteiger partial charge in [-0.2, -0.15) is 0 Å². The first-order chi connectivity index (χ1) is 10.0. The number of amides is 2. The normalized spacial score (nSPS) is 13.2. The molecule has 1 aromatic rings. The Bertz CT molecular complexity index is 574. The quantitative estimate of drug-likeness (QED) is 0.767. The lowest BCUT2D eigenvalue weighted by molar-refractivity contribution is -0.137. The number of nitrogens with one attached hydrogen (secondary N) is 1. The highest BCUT2D eigenvalue weighted by molar-refractivity contribution is 6.10.